The molecule has 0 radical (unpaired) electrons. The lowest BCUT2D eigenvalue weighted by atomic mass is 10.4. The third kappa shape index (κ3) is 5.00. The lowest BCUT2D eigenvalue weighted by molar-refractivity contribution is -0.120. The van der Waals surface area contributed by atoms with Crippen molar-refractivity contribution in [1.82, 2.24) is 5.32 Å². The first-order chi connectivity index (χ1) is 4.16. The van der Waals surface area contributed by atoms with Gasteiger partial charge in [-0.25, -0.2) is 0 Å². The van der Waals surface area contributed by atoms with Crippen molar-refractivity contribution in [2.24, 2.45) is 0 Å². The van der Waals surface area contributed by atoms with Gasteiger partial charge in [-0.3, -0.25) is 4.79 Å². The molecule has 0 unspecified atom stereocenters. The fraction of sp³-hybridized carbons (Fsp3) is 0.667. The number of carbonyl (C=O) groups excluding carboxylic acids is 1. The van der Waals surface area contributed by atoms with Gasteiger partial charge in [0.15, 0.2) is 0 Å². The fourth-order valence-electron chi connectivity index (χ4n) is 0.356. The Morgan fingerprint density at radius 1 is 1.67 bits per heavy atom. The van der Waals surface area contributed by atoms with Crippen LogP contribution in [0.5, 0.6) is 0 Å². The van der Waals surface area contributed by atoms with Crippen LogP contribution in [0.15, 0.2) is 0 Å². The number of nitrogens with one attached hydrogen (secondary N) is 2. The van der Waals surface area contributed by atoms with Crippen molar-refractivity contribution in [2.45, 2.75) is 20.3 Å². The highest BCUT2D eigenvalue weighted by atomic mass is 16.1. The van der Waals surface area contributed by atoms with E-state index in [1.807, 2.05) is 0 Å². The summed E-state index contributed by atoms with van der Waals surface area (Å²) in [5.74, 6) is 0.00148. The molecule has 0 atom stereocenters. The molecule has 0 aliphatic carbocycles. The van der Waals surface area contributed by atoms with Crippen molar-refractivity contribution in [3.63, 3.8) is 0 Å². The van der Waals surface area contributed by atoms with Gasteiger partial charge in [-0.2, -0.15) is 0 Å². The molecule has 0 heterocycles. The fourth-order valence-corrected chi connectivity index (χ4v) is 0.356. The van der Waals surface area contributed by atoms with E-state index < -0.39 is 0 Å². The second-order valence-corrected chi connectivity index (χ2v) is 1.91. The van der Waals surface area contributed by atoms with E-state index in [2.05, 4.69) is 5.32 Å². The summed E-state index contributed by atoms with van der Waals surface area (Å²) >= 11 is 0. The van der Waals surface area contributed by atoms with Gasteiger partial charge < -0.3 is 10.7 Å². The molecule has 1 amide bonds. The Hall–Kier alpha value is -0.860. The second-order valence-electron chi connectivity index (χ2n) is 1.91. The summed E-state index contributed by atoms with van der Waals surface area (Å²) in [7, 11) is 0. The number of amides is 1. The molecule has 0 aromatic carbocycles. The predicted octanol–water partition coefficient (Wildman–Crippen LogP) is 0.552. The smallest absolute Gasteiger partial charge is 0.220 e. The molecule has 3 heteroatoms. The minimum absolute atomic E-state index is 0.00148. The van der Waals surface area contributed by atoms with Crippen molar-refractivity contribution < 1.29 is 4.79 Å². The van der Waals surface area contributed by atoms with E-state index in [0.717, 1.165) is 0 Å². The van der Waals surface area contributed by atoms with Crippen molar-refractivity contribution in [3.8, 4) is 0 Å². The summed E-state index contributed by atoms with van der Waals surface area (Å²) in [6.45, 7) is 3.83. The van der Waals surface area contributed by atoms with E-state index in [0.29, 0.717) is 18.7 Å². The van der Waals surface area contributed by atoms with Gasteiger partial charge in [0.25, 0.3) is 0 Å². The maximum atomic E-state index is 10.5. The van der Waals surface area contributed by atoms with Crippen LogP contribution >= 0.6 is 0 Å². The normalized spacial score (nSPS) is 8.67. The molecule has 0 aromatic rings. The molecule has 0 aliphatic heterocycles. The molecule has 9 heavy (non-hydrogen) atoms. The lowest BCUT2D eigenvalue weighted by Gasteiger charge is -1.98. The maximum absolute atomic E-state index is 10.5. The minimum atomic E-state index is 0.00148. The van der Waals surface area contributed by atoms with E-state index in [1.165, 1.54) is 0 Å². The van der Waals surface area contributed by atoms with Crippen LogP contribution in [0.3, 0.4) is 0 Å². The van der Waals surface area contributed by atoms with Gasteiger partial charge in [-0.1, -0.05) is 6.92 Å². The summed E-state index contributed by atoms with van der Waals surface area (Å²) in [6.07, 6.45) is 0.493. The predicted molar refractivity (Wildman–Crippen MR) is 36.7 cm³/mol. The van der Waals surface area contributed by atoms with E-state index >= 15 is 0 Å². The van der Waals surface area contributed by atoms with E-state index in [1.54, 1.807) is 13.8 Å². The Labute approximate surface area is 55.0 Å². The van der Waals surface area contributed by atoms with Gasteiger partial charge >= 0.3 is 0 Å². The van der Waals surface area contributed by atoms with Crippen LogP contribution in [0.1, 0.15) is 20.3 Å². The summed E-state index contributed by atoms with van der Waals surface area (Å²) in [5.41, 5.74) is 0.483. The number of carbonyl (C=O) groups is 1. The van der Waals surface area contributed by atoms with E-state index in [4.69, 9.17) is 5.41 Å². The summed E-state index contributed by atoms with van der Waals surface area (Å²) < 4.78 is 0. The zero-order valence-electron chi connectivity index (χ0n) is 5.82. The Kier molecular flexibility index (Phi) is 3.67. The second kappa shape index (κ2) is 4.06. The first-order valence-electron chi connectivity index (χ1n) is 2.97. The Morgan fingerprint density at radius 3 is 2.56 bits per heavy atom. The summed E-state index contributed by atoms with van der Waals surface area (Å²) in [5, 5.41) is 9.52. The highest BCUT2D eigenvalue weighted by Crippen LogP contribution is 1.73. The van der Waals surface area contributed by atoms with Gasteiger partial charge in [0.1, 0.15) is 0 Å². The maximum Gasteiger partial charge on any atom is 0.220 e. The topological polar surface area (TPSA) is 53.0 Å². The van der Waals surface area contributed by atoms with Gasteiger partial charge in [-0.05, 0) is 6.92 Å². The van der Waals surface area contributed by atoms with Gasteiger partial charge in [0, 0.05) is 12.1 Å². The third-order valence-corrected chi connectivity index (χ3v) is 0.872. The van der Waals surface area contributed by atoms with E-state index in [9.17, 15) is 4.79 Å². The van der Waals surface area contributed by atoms with Crippen molar-refractivity contribution in [1.29, 1.82) is 5.41 Å². The Bertz CT molecular complexity index is 120. The van der Waals surface area contributed by atoms with Crippen molar-refractivity contribution >= 4 is 11.6 Å². The molecule has 0 saturated carbocycles. The van der Waals surface area contributed by atoms with Crippen molar-refractivity contribution in [2.75, 3.05) is 6.54 Å². The molecular formula is C6H12N2O. The monoisotopic (exact) mass is 128 g/mol. The van der Waals surface area contributed by atoms with E-state index in [-0.39, 0.29) is 5.91 Å². The quantitative estimate of drug-likeness (QED) is 0.536. The molecule has 0 bridgehead atoms. The van der Waals surface area contributed by atoms with Crippen LogP contribution in [0.2, 0.25) is 0 Å². The molecule has 0 rings (SSSR count). The Balaban J connectivity index is 3.28. The number of rotatable bonds is 3. The van der Waals surface area contributed by atoms with Crippen LogP contribution in [0, 0.1) is 5.41 Å². The van der Waals surface area contributed by atoms with Crippen molar-refractivity contribution in [3.05, 3.63) is 0 Å². The first kappa shape index (κ1) is 8.14. The number of hydrogen-bond acceptors (Lipinski definition) is 2. The highest BCUT2D eigenvalue weighted by Gasteiger charge is 1.93. The average Bonchev–Trinajstić information content (AvgIpc) is 1.83. The van der Waals surface area contributed by atoms with Crippen LogP contribution in [-0.4, -0.2) is 18.2 Å². The highest BCUT2D eigenvalue weighted by molar-refractivity contribution is 5.85. The third-order valence-electron chi connectivity index (χ3n) is 0.872. The lowest BCUT2D eigenvalue weighted by Crippen LogP contribution is -2.26. The zero-order chi connectivity index (χ0) is 7.28. The molecule has 0 spiro atoms. The molecule has 2 N–H and O–H groups in total. The summed E-state index contributed by atoms with van der Waals surface area (Å²) in [6, 6.07) is 0. The van der Waals surface area contributed by atoms with Crippen LogP contribution in [0.25, 0.3) is 0 Å². The molecule has 0 aliphatic rings. The average molecular weight is 128 g/mol. The molecule has 0 aromatic heterocycles. The molecule has 0 saturated heterocycles. The SMILES string of the molecule is CCC(=O)NCC(C)=N. The molecule has 0 fully saturated rings. The molecular weight excluding hydrogens is 116 g/mol. The first-order valence-corrected chi connectivity index (χ1v) is 2.97. The Morgan fingerprint density at radius 2 is 2.22 bits per heavy atom. The van der Waals surface area contributed by atoms with Gasteiger partial charge in [-0.15, -0.1) is 0 Å². The standard InChI is InChI=1S/C6H12N2O/c1-3-6(9)8-4-5(2)7/h7H,3-4H2,1-2H3,(H,8,9). The van der Waals surface area contributed by atoms with Crippen LogP contribution < -0.4 is 5.32 Å². The minimum Gasteiger partial charge on any atom is -0.351 e. The van der Waals surface area contributed by atoms with Gasteiger partial charge in [0.2, 0.25) is 5.91 Å². The number of hydrogen-bond donors (Lipinski definition) is 2. The van der Waals surface area contributed by atoms with Crippen LogP contribution in [-0.2, 0) is 4.79 Å². The zero-order valence-corrected chi connectivity index (χ0v) is 5.82. The molecule has 3 nitrogen and oxygen atoms in total. The largest absolute Gasteiger partial charge is 0.351 e. The molecule has 52 valence electrons. The summed E-state index contributed by atoms with van der Waals surface area (Å²) in [4.78, 5) is 10.5. The van der Waals surface area contributed by atoms with Gasteiger partial charge in [0.05, 0.1) is 6.54 Å². The van der Waals surface area contributed by atoms with Crippen LogP contribution in [0.4, 0.5) is 0 Å².